The first-order valence-electron chi connectivity index (χ1n) is 6.44. The molecule has 4 N–H and O–H groups in total. The average molecular weight is 274 g/mol. The summed E-state index contributed by atoms with van der Waals surface area (Å²) in [7, 11) is 0. The normalized spacial score (nSPS) is 10.4. The maximum Gasteiger partial charge on any atom is 0.269 e. The lowest BCUT2D eigenvalue weighted by Crippen LogP contribution is -2.23. The summed E-state index contributed by atoms with van der Waals surface area (Å²) in [4.78, 5) is 11.9. The van der Waals surface area contributed by atoms with Crippen LogP contribution in [0.25, 0.3) is 0 Å². The number of rotatable bonds is 6. The monoisotopic (exact) mass is 274 g/mol. The summed E-state index contributed by atoms with van der Waals surface area (Å²) in [5, 5.41) is 9.13. The highest BCUT2D eigenvalue weighted by atomic mass is 16.5. The Hall–Kier alpha value is -2.34. The van der Waals surface area contributed by atoms with Crippen molar-refractivity contribution in [1.82, 2.24) is 15.5 Å². The quantitative estimate of drug-likeness (QED) is 0.743. The van der Waals surface area contributed by atoms with Crippen molar-refractivity contribution >= 4 is 11.7 Å². The average Bonchev–Trinajstić information content (AvgIpc) is 2.90. The molecular weight excluding hydrogens is 256 g/mol. The molecule has 6 nitrogen and oxygen atoms in total. The van der Waals surface area contributed by atoms with E-state index in [9.17, 15) is 4.79 Å². The molecule has 1 aromatic carbocycles. The van der Waals surface area contributed by atoms with E-state index in [0.29, 0.717) is 31.3 Å². The van der Waals surface area contributed by atoms with E-state index in [2.05, 4.69) is 15.5 Å². The van der Waals surface area contributed by atoms with Crippen LogP contribution in [-0.4, -0.2) is 22.7 Å². The molecule has 0 aliphatic rings. The van der Waals surface area contributed by atoms with Crippen LogP contribution in [0.1, 0.15) is 28.5 Å². The Kier molecular flexibility index (Phi) is 4.73. The van der Waals surface area contributed by atoms with Gasteiger partial charge in [-0.3, -0.25) is 9.89 Å². The number of anilines is 1. The number of aromatic nitrogens is 2. The molecule has 0 radical (unpaired) electrons. The van der Waals surface area contributed by atoms with Crippen molar-refractivity contribution in [3.63, 3.8) is 0 Å². The van der Waals surface area contributed by atoms with Gasteiger partial charge in [-0.1, -0.05) is 24.3 Å². The number of nitrogens with zero attached hydrogens (tertiary/aromatic N) is 1. The Morgan fingerprint density at radius 3 is 2.80 bits per heavy atom. The van der Waals surface area contributed by atoms with Crippen molar-refractivity contribution in [1.29, 1.82) is 0 Å². The summed E-state index contributed by atoms with van der Waals surface area (Å²) in [6.07, 6.45) is 0. The molecule has 0 fully saturated rings. The number of benzene rings is 1. The molecule has 106 valence electrons. The number of carbonyl (C=O) groups is 1. The zero-order chi connectivity index (χ0) is 14.4. The minimum absolute atomic E-state index is 0.236. The maximum atomic E-state index is 11.9. The number of carbonyl (C=O) groups excluding carboxylic acids is 1. The van der Waals surface area contributed by atoms with Crippen molar-refractivity contribution in [3.05, 3.63) is 47.2 Å². The Balaban J connectivity index is 1.98. The molecule has 20 heavy (non-hydrogen) atoms. The topological polar surface area (TPSA) is 93.0 Å². The third-order valence-electron chi connectivity index (χ3n) is 2.86. The van der Waals surface area contributed by atoms with Gasteiger partial charge >= 0.3 is 0 Å². The summed E-state index contributed by atoms with van der Waals surface area (Å²) < 4.78 is 5.41. The van der Waals surface area contributed by atoms with Crippen LogP contribution in [0, 0.1) is 0 Å². The lowest BCUT2D eigenvalue weighted by atomic mass is 10.1. The fraction of sp³-hybridized carbons (Fsp3) is 0.286. The Morgan fingerprint density at radius 2 is 2.15 bits per heavy atom. The largest absolute Gasteiger partial charge is 0.382 e. The van der Waals surface area contributed by atoms with E-state index >= 15 is 0 Å². The van der Waals surface area contributed by atoms with Crippen molar-refractivity contribution < 1.29 is 9.53 Å². The van der Waals surface area contributed by atoms with Crippen molar-refractivity contribution in [2.24, 2.45) is 0 Å². The number of nitrogens with two attached hydrogens (primary N) is 1. The van der Waals surface area contributed by atoms with Crippen molar-refractivity contribution in [2.75, 3.05) is 12.3 Å². The molecule has 2 aromatic rings. The number of H-pyrrole nitrogens is 1. The third kappa shape index (κ3) is 3.58. The lowest BCUT2D eigenvalue weighted by Gasteiger charge is -2.10. The van der Waals surface area contributed by atoms with Crippen LogP contribution in [0.3, 0.4) is 0 Å². The first-order chi connectivity index (χ1) is 9.70. The van der Waals surface area contributed by atoms with E-state index in [0.717, 1.165) is 11.1 Å². The predicted octanol–water partition coefficient (Wildman–Crippen LogP) is 1.46. The predicted molar refractivity (Wildman–Crippen MR) is 75.9 cm³/mol. The van der Waals surface area contributed by atoms with E-state index in [4.69, 9.17) is 10.5 Å². The van der Waals surface area contributed by atoms with Crippen LogP contribution < -0.4 is 11.1 Å². The zero-order valence-corrected chi connectivity index (χ0v) is 11.3. The zero-order valence-electron chi connectivity index (χ0n) is 11.3. The molecule has 0 aliphatic carbocycles. The van der Waals surface area contributed by atoms with Gasteiger partial charge in [0.05, 0.1) is 6.61 Å². The number of hydrogen-bond donors (Lipinski definition) is 3. The SMILES string of the molecule is CCOCc1ccccc1CNC(=O)c1cc(N)n[nH]1. The van der Waals surface area contributed by atoms with Gasteiger partial charge in [-0.15, -0.1) is 0 Å². The van der Waals surface area contributed by atoms with Gasteiger partial charge < -0.3 is 15.8 Å². The molecule has 2 rings (SSSR count). The molecule has 6 heteroatoms. The fourth-order valence-electron chi connectivity index (χ4n) is 1.81. The minimum Gasteiger partial charge on any atom is -0.382 e. The van der Waals surface area contributed by atoms with Crippen LogP contribution in [-0.2, 0) is 17.9 Å². The van der Waals surface area contributed by atoms with Crippen LogP contribution >= 0.6 is 0 Å². The smallest absolute Gasteiger partial charge is 0.269 e. The number of hydrogen-bond acceptors (Lipinski definition) is 4. The summed E-state index contributed by atoms with van der Waals surface area (Å²) >= 11 is 0. The number of nitrogens with one attached hydrogen (secondary N) is 2. The van der Waals surface area contributed by atoms with Crippen LogP contribution in [0.4, 0.5) is 5.82 Å². The summed E-state index contributed by atoms with van der Waals surface area (Å²) in [5.41, 5.74) is 7.91. The molecule has 0 aliphatic heterocycles. The summed E-state index contributed by atoms with van der Waals surface area (Å²) in [6.45, 7) is 3.59. The highest BCUT2D eigenvalue weighted by molar-refractivity contribution is 5.92. The maximum absolute atomic E-state index is 11.9. The second-order valence-electron chi connectivity index (χ2n) is 4.30. The number of aromatic amines is 1. The first kappa shape index (κ1) is 14.1. The molecule has 0 spiro atoms. The Bertz CT molecular complexity index is 580. The van der Waals surface area contributed by atoms with Gasteiger partial charge in [-0.25, -0.2) is 0 Å². The third-order valence-corrected chi connectivity index (χ3v) is 2.86. The molecular formula is C14H18N4O2. The second-order valence-corrected chi connectivity index (χ2v) is 4.30. The van der Waals surface area contributed by atoms with Crippen LogP contribution in [0.5, 0.6) is 0 Å². The van der Waals surface area contributed by atoms with E-state index < -0.39 is 0 Å². The van der Waals surface area contributed by atoms with Crippen molar-refractivity contribution in [3.8, 4) is 0 Å². The van der Waals surface area contributed by atoms with Gasteiger partial charge in [0, 0.05) is 19.2 Å². The van der Waals surface area contributed by atoms with Gasteiger partial charge in [0.15, 0.2) is 0 Å². The fourth-order valence-corrected chi connectivity index (χ4v) is 1.81. The van der Waals surface area contributed by atoms with Crippen molar-refractivity contribution in [2.45, 2.75) is 20.1 Å². The van der Waals surface area contributed by atoms with Gasteiger partial charge in [-0.05, 0) is 18.1 Å². The lowest BCUT2D eigenvalue weighted by molar-refractivity contribution is 0.0945. The molecule has 0 saturated heterocycles. The first-order valence-corrected chi connectivity index (χ1v) is 6.44. The number of ether oxygens (including phenoxy) is 1. The van der Waals surface area contributed by atoms with Crippen LogP contribution in [0.2, 0.25) is 0 Å². The molecule has 1 aromatic heterocycles. The van der Waals surface area contributed by atoms with E-state index in [1.54, 1.807) is 0 Å². The summed E-state index contributed by atoms with van der Waals surface area (Å²) in [6, 6.07) is 9.35. The number of nitrogen functional groups attached to an aromatic ring is 1. The van der Waals surface area contributed by atoms with E-state index in [-0.39, 0.29) is 5.91 Å². The Labute approximate surface area is 117 Å². The van der Waals surface area contributed by atoms with Gasteiger partial charge in [-0.2, -0.15) is 5.10 Å². The molecule has 0 bridgehead atoms. The van der Waals surface area contributed by atoms with Crippen LogP contribution in [0.15, 0.2) is 30.3 Å². The second kappa shape index (κ2) is 6.72. The Morgan fingerprint density at radius 1 is 1.40 bits per heavy atom. The molecule has 1 heterocycles. The summed E-state index contributed by atoms with van der Waals surface area (Å²) in [5.74, 6) is 0.0623. The van der Waals surface area contributed by atoms with Gasteiger partial charge in [0.25, 0.3) is 5.91 Å². The highest BCUT2D eigenvalue weighted by Gasteiger charge is 2.09. The van der Waals surface area contributed by atoms with Gasteiger partial charge in [0.2, 0.25) is 0 Å². The minimum atomic E-state index is -0.236. The molecule has 0 atom stereocenters. The number of amides is 1. The molecule has 1 amide bonds. The standard InChI is InChI=1S/C14H18N4O2/c1-2-20-9-11-6-4-3-5-10(11)8-16-14(19)12-7-13(15)18-17-12/h3-7H,2,8-9H2,1H3,(H,16,19)(H3,15,17,18). The molecule has 0 saturated carbocycles. The van der Waals surface area contributed by atoms with E-state index in [1.807, 2.05) is 31.2 Å². The van der Waals surface area contributed by atoms with E-state index in [1.165, 1.54) is 6.07 Å². The highest BCUT2D eigenvalue weighted by Crippen LogP contribution is 2.10. The molecule has 0 unspecified atom stereocenters. The van der Waals surface area contributed by atoms with Gasteiger partial charge in [0.1, 0.15) is 11.5 Å².